The van der Waals surface area contributed by atoms with Crippen molar-refractivity contribution in [1.29, 1.82) is 0 Å². The minimum absolute atomic E-state index is 0.0504. The van der Waals surface area contributed by atoms with Crippen LogP contribution in [0.5, 0.6) is 5.75 Å². The van der Waals surface area contributed by atoms with E-state index >= 15 is 0 Å². The number of benzene rings is 1. The molecule has 1 aromatic carbocycles. The molecule has 0 saturated heterocycles. The number of carbonyl (C=O) groups is 1. The van der Waals surface area contributed by atoms with Crippen molar-refractivity contribution >= 4 is 5.91 Å². The summed E-state index contributed by atoms with van der Waals surface area (Å²) in [5, 5.41) is 3.02. The number of hydrogen-bond donors (Lipinski definition) is 2. The maximum Gasteiger partial charge on any atom is 0.225 e. The number of ether oxygens (including phenoxy) is 1. The van der Waals surface area contributed by atoms with Crippen molar-refractivity contribution in [2.45, 2.75) is 57.6 Å². The predicted octanol–water partition coefficient (Wildman–Crippen LogP) is 2.87. The Morgan fingerprint density at radius 3 is 2.68 bits per heavy atom. The van der Waals surface area contributed by atoms with Gasteiger partial charge in [0.25, 0.3) is 0 Å². The van der Waals surface area contributed by atoms with E-state index in [2.05, 4.69) is 5.32 Å². The number of amides is 1. The van der Waals surface area contributed by atoms with E-state index in [0.717, 1.165) is 31.4 Å². The highest BCUT2D eigenvalue weighted by molar-refractivity contribution is 5.80. The molecule has 0 aliphatic heterocycles. The Bertz CT molecular complexity index is 497. The highest BCUT2D eigenvalue weighted by atomic mass is 16.5. The zero-order chi connectivity index (χ0) is 16.2. The summed E-state index contributed by atoms with van der Waals surface area (Å²) in [5.41, 5.74) is 5.44. The SMILES string of the molecule is CC(C)(CNC(=O)C1CCCCC1(C)N)Oc1ccccc1. The zero-order valence-corrected chi connectivity index (χ0v) is 13.9. The number of para-hydroxylation sites is 1. The number of nitrogens with one attached hydrogen (secondary N) is 1. The van der Waals surface area contributed by atoms with Gasteiger partial charge in [0, 0.05) is 5.54 Å². The number of hydrogen-bond acceptors (Lipinski definition) is 3. The van der Waals surface area contributed by atoms with Gasteiger partial charge in [-0.05, 0) is 45.7 Å². The van der Waals surface area contributed by atoms with Crippen LogP contribution in [0.3, 0.4) is 0 Å². The Morgan fingerprint density at radius 2 is 2.05 bits per heavy atom. The van der Waals surface area contributed by atoms with Gasteiger partial charge in [-0.3, -0.25) is 4.79 Å². The maximum atomic E-state index is 12.5. The van der Waals surface area contributed by atoms with Crippen molar-refractivity contribution in [2.24, 2.45) is 11.7 Å². The summed E-state index contributed by atoms with van der Waals surface area (Å²) >= 11 is 0. The molecule has 2 rings (SSSR count). The Labute approximate surface area is 133 Å². The lowest BCUT2D eigenvalue weighted by Crippen LogP contribution is -2.54. The molecule has 3 N–H and O–H groups in total. The molecule has 1 amide bonds. The third kappa shape index (κ3) is 4.47. The van der Waals surface area contributed by atoms with Crippen LogP contribution < -0.4 is 15.8 Å². The van der Waals surface area contributed by atoms with Crippen molar-refractivity contribution in [3.63, 3.8) is 0 Å². The zero-order valence-electron chi connectivity index (χ0n) is 13.9. The van der Waals surface area contributed by atoms with Gasteiger partial charge in [-0.25, -0.2) is 0 Å². The standard InChI is InChI=1S/C18H28N2O2/c1-17(2,22-14-9-5-4-6-10-14)13-20-16(21)15-11-7-8-12-18(15,3)19/h4-6,9-10,15H,7-8,11-13,19H2,1-3H3,(H,20,21). The van der Waals surface area contributed by atoms with Crippen LogP contribution in [0.25, 0.3) is 0 Å². The van der Waals surface area contributed by atoms with Gasteiger partial charge in [-0.15, -0.1) is 0 Å². The fourth-order valence-corrected chi connectivity index (χ4v) is 3.06. The van der Waals surface area contributed by atoms with Gasteiger partial charge in [0.15, 0.2) is 0 Å². The van der Waals surface area contributed by atoms with E-state index < -0.39 is 11.1 Å². The Balaban J connectivity index is 1.89. The molecule has 0 bridgehead atoms. The second kappa shape index (κ2) is 6.69. The van der Waals surface area contributed by atoms with Gasteiger partial charge in [-0.1, -0.05) is 31.0 Å². The minimum atomic E-state index is -0.462. The highest BCUT2D eigenvalue weighted by Crippen LogP contribution is 2.31. The molecule has 1 aliphatic carbocycles. The van der Waals surface area contributed by atoms with E-state index in [1.807, 2.05) is 51.1 Å². The fraction of sp³-hybridized carbons (Fsp3) is 0.611. The van der Waals surface area contributed by atoms with Gasteiger partial charge < -0.3 is 15.8 Å². The molecule has 1 aliphatic rings. The molecule has 0 heterocycles. The third-order valence-electron chi connectivity index (χ3n) is 4.40. The van der Waals surface area contributed by atoms with E-state index in [1.165, 1.54) is 0 Å². The van der Waals surface area contributed by atoms with Gasteiger partial charge in [0.1, 0.15) is 11.4 Å². The van der Waals surface area contributed by atoms with Crippen LogP contribution in [0, 0.1) is 5.92 Å². The van der Waals surface area contributed by atoms with Gasteiger partial charge in [0.2, 0.25) is 5.91 Å². The monoisotopic (exact) mass is 304 g/mol. The molecule has 1 fully saturated rings. The summed E-state index contributed by atoms with van der Waals surface area (Å²) in [4.78, 5) is 12.5. The van der Waals surface area contributed by atoms with Crippen LogP contribution in [0.15, 0.2) is 30.3 Å². The molecule has 0 radical (unpaired) electrons. The highest BCUT2D eigenvalue weighted by Gasteiger charge is 2.38. The smallest absolute Gasteiger partial charge is 0.225 e. The first-order valence-corrected chi connectivity index (χ1v) is 8.11. The van der Waals surface area contributed by atoms with E-state index in [1.54, 1.807) is 0 Å². The van der Waals surface area contributed by atoms with Crippen molar-refractivity contribution < 1.29 is 9.53 Å². The first-order chi connectivity index (χ1) is 10.3. The molecule has 22 heavy (non-hydrogen) atoms. The molecule has 1 saturated carbocycles. The van der Waals surface area contributed by atoms with Crippen LogP contribution in [-0.4, -0.2) is 23.6 Å². The van der Waals surface area contributed by atoms with Gasteiger partial charge in [-0.2, -0.15) is 0 Å². The molecule has 2 atom stereocenters. The number of nitrogens with two attached hydrogens (primary N) is 1. The third-order valence-corrected chi connectivity index (χ3v) is 4.40. The van der Waals surface area contributed by atoms with E-state index in [4.69, 9.17) is 10.5 Å². The first kappa shape index (κ1) is 16.8. The van der Waals surface area contributed by atoms with Crippen LogP contribution in [0.4, 0.5) is 0 Å². The number of carbonyl (C=O) groups excluding carboxylic acids is 1. The predicted molar refractivity (Wildman–Crippen MR) is 88.7 cm³/mol. The molecule has 1 aromatic rings. The molecule has 0 aromatic heterocycles. The molecule has 122 valence electrons. The Kier molecular flexibility index (Phi) is 5.12. The summed E-state index contributed by atoms with van der Waals surface area (Å²) in [6.07, 6.45) is 3.97. The molecule has 4 nitrogen and oxygen atoms in total. The van der Waals surface area contributed by atoms with Gasteiger partial charge in [0.05, 0.1) is 12.5 Å². The second-order valence-electron chi connectivity index (χ2n) is 7.20. The van der Waals surface area contributed by atoms with Crippen molar-refractivity contribution in [1.82, 2.24) is 5.32 Å². The fourth-order valence-electron chi connectivity index (χ4n) is 3.06. The number of rotatable bonds is 5. The first-order valence-electron chi connectivity index (χ1n) is 8.11. The lowest BCUT2D eigenvalue weighted by molar-refractivity contribution is -0.128. The summed E-state index contributed by atoms with van der Waals surface area (Å²) < 4.78 is 5.95. The van der Waals surface area contributed by atoms with Crippen LogP contribution in [0.2, 0.25) is 0 Å². The Hall–Kier alpha value is -1.55. The van der Waals surface area contributed by atoms with Crippen LogP contribution in [-0.2, 0) is 4.79 Å². The molecular weight excluding hydrogens is 276 g/mol. The molecule has 4 heteroatoms. The summed E-state index contributed by atoms with van der Waals surface area (Å²) in [5.74, 6) is 0.756. The summed E-state index contributed by atoms with van der Waals surface area (Å²) in [6, 6.07) is 9.66. The van der Waals surface area contributed by atoms with Crippen molar-refractivity contribution in [3.05, 3.63) is 30.3 Å². The average Bonchev–Trinajstić information content (AvgIpc) is 2.45. The summed E-state index contributed by atoms with van der Waals surface area (Å²) in [6.45, 7) is 6.40. The van der Waals surface area contributed by atoms with Crippen LogP contribution in [0.1, 0.15) is 46.5 Å². The second-order valence-corrected chi connectivity index (χ2v) is 7.20. The molecule has 2 unspecified atom stereocenters. The normalized spacial score (nSPS) is 25.5. The van der Waals surface area contributed by atoms with Crippen molar-refractivity contribution in [2.75, 3.05) is 6.54 Å². The van der Waals surface area contributed by atoms with Gasteiger partial charge >= 0.3 is 0 Å². The van der Waals surface area contributed by atoms with Crippen molar-refractivity contribution in [3.8, 4) is 5.75 Å². The lowest BCUT2D eigenvalue weighted by Gasteiger charge is -2.38. The molecule has 0 spiro atoms. The van der Waals surface area contributed by atoms with E-state index in [0.29, 0.717) is 6.54 Å². The minimum Gasteiger partial charge on any atom is -0.486 e. The largest absolute Gasteiger partial charge is 0.486 e. The Morgan fingerprint density at radius 1 is 1.36 bits per heavy atom. The maximum absolute atomic E-state index is 12.5. The quantitative estimate of drug-likeness (QED) is 0.879. The topological polar surface area (TPSA) is 64.4 Å². The van der Waals surface area contributed by atoms with Crippen LogP contribution >= 0.6 is 0 Å². The summed E-state index contributed by atoms with van der Waals surface area (Å²) in [7, 11) is 0. The van der Waals surface area contributed by atoms with E-state index in [9.17, 15) is 4.79 Å². The molecular formula is C18H28N2O2. The van der Waals surface area contributed by atoms with E-state index in [-0.39, 0.29) is 11.8 Å². The lowest BCUT2D eigenvalue weighted by atomic mass is 9.74. The average molecular weight is 304 g/mol.